The number of rotatable bonds is 4. The molecule has 0 fully saturated rings. The molecular formula is C9H10N6O3S. The molecule has 0 radical (unpaired) electrons. The molecule has 0 atom stereocenters. The Morgan fingerprint density at radius 3 is 2.89 bits per heavy atom. The minimum Gasteiger partial charge on any atom is -0.409 e. The quantitative estimate of drug-likeness (QED) is 0.262. The van der Waals surface area contributed by atoms with Gasteiger partial charge >= 0.3 is 0 Å². The van der Waals surface area contributed by atoms with Gasteiger partial charge in [0.1, 0.15) is 10.7 Å². The zero-order chi connectivity index (χ0) is 13.9. The van der Waals surface area contributed by atoms with E-state index in [9.17, 15) is 8.42 Å². The lowest BCUT2D eigenvalue weighted by Crippen LogP contribution is -2.18. The second-order valence-corrected chi connectivity index (χ2v) is 5.12. The average Bonchev–Trinajstić information content (AvgIpc) is 2.86. The van der Waals surface area contributed by atoms with Crippen LogP contribution in [0, 0.1) is 0 Å². The van der Waals surface area contributed by atoms with Gasteiger partial charge in [-0.05, 0) is 12.1 Å². The predicted octanol–water partition coefficient (Wildman–Crippen LogP) is -0.300. The van der Waals surface area contributed by atoms with Crippen molar-refractivity contribution in [1.29, 1.82) is 0 Å². The SMILES string of the molecule is NC(=NO)c1cn[nH]c1NS(=O)(=O)c1cccnc1. The Kier molecular flexibility index (Phi) is 3.33. The minimum absolute atomic E-state index is 0.000784. The number of oxime groups is 1. The van der Waals surface area contributed by atoms with Crippen LogP contribution in [0.1, 0.15) is 5.56 Å². The maximum Gasteiger partial charge on any atom is 0.264 e. The number of sulfonamides is 1. The monoisotopic (exact) mass is 282 g/mol. The van der Waals surface area contributed by atoms with Crippen LogP contribution in [0.4, 0.5) is 5.82 Å². The van der Waals surface area contributed by atoms with Crippen molar-refractivity contribution in [3.8, 4) is 0 Å². The highest BCUT2D eigenvalue weighted by Crippen LogP contribution is 2.16. The largest absolute Gasteiger partial charge is 0.409 e. The number of nitrogens with two attached hydrogens (primary N) is 1. The van der Waals surface area contributed by atoms with Gasteiger partial charge < -0.3 is 10.9 Å². The Balaban J connectivity index is 2.35. The van der Waals surface area contributed by atoms with E-state index in [4.69, 9.17) is 10.9 Å². The van der Waals surface area contributed by atoms with E-state index >= 15 is 0 Å². The Morgan fingerprint density at radius 2 is 2.26 bits per heavy atom. The maximum absolute atomic E-state index is 12.0. The van der Waals surface area contributed by atoms with E-state index in [1.165, 1.54) is 30.7 Å². The molecule has 2 heterocycles. The normalized spacial score (nSPS) is 12.3. The second kappa shape index (κ2) is 4.94. The van der Waals surface area contributed by atoms with Crippen molar-refractivity contribution in [2.75, 3.05) is 4.72 Å². The number of aromatic nitrogens is 3. The van der Waals surface area contributed by atoms with Crippen molar-refractivity contribution in [2.45, 2.75) is 4.90 Å². The molecule has 0 amide bonds. The average molecular weight is 282 g/mol. The van der Waals surface area contributed by atoms with Gasteiger partial charge in [0.25, 0.3) is 10.0 Å². The molecule has 0 aliphatic carbocycles. The number of nitrogens with zero attached hydrogens (tertiary/aromatic N) is 3. The molecule has 10 heteroatoms. The number of aromatic amines is 1. The van der Waals surface area contributed by atoms with Crippen molar-refractivity contribution in [2.24, 2.45) is 10.9 Å². The Hall–Kier alpha value is -2.62. The van der Waals surface area contributed by atoms with Gasteiger partial charge in [-0.3, -0.25) is 14.8 Å². The van der Waals surface area contributed by atoms with Crippen LogP contribution in [-0.2, 0) is 10.0 Å². The first kappa shape index (κ1) is 12.8. The molecule has 2 rings (SSSR count). The summed E-state index contributed by atoms with van der Waals surface area (Å²) in [6.45, 7) is 0. The number of H-pyrrole nitrogens is 1. The summed E-state index contributed by atoms with van der Waals surface area (Å²) >= 11 is 0. The molecule has 0 unspecified atom stereocenters. The molecule has 0 aliphatic heterocycles. The fourth-order valence-electron chi connectivity index (χ4n) is 1.31. The molecule has 2 aromatic heterocycles. The lowest BCUT2D eigenvalue weighted by atomic mass is 10.3. The van der Waals surface area contributed by atoms with Crippen LogP contribution in [0.15, 0.2) is 40.8 Å². The molecule has 0 saturated carbocycles. The van der Waals surface area contributed by atoms with E-state index in [-0.39, 0.29) is 22.1 Å². The summed E-state index contributed by atoms with van der Waals surface area (Å²) in [5.74, 6) is -0.267. The molecule has 0 bridgehead atoms. The van der Waals surface area contributed by atoms with E-state index in [1.807, 2.05) is 0 Å². The van der Waals surface area contributed by atoms with Crippen molar-refractivity contribution in [3.05, 3.63) is 36.3 Å². The first-order chi connectivity index (χ1) is 9.04. The van der Waals surface area contributed by atoms with Crippen LogP contribution in [-0.4, -0.2) is 34.6 Å². The first-order valence-electron chi connectivity index (χ1n) is 4.98. The van der Waals surface area contributed by atoms with Gasteiger partial charge in [-0.2, -0.15) is 5.10 Å². The maximum atomic E-state index is 12.0. The summed E-state index contributed by atoms with van der Waals surface area (Å²) < 4.78 is 26.3. The fraction of sp³-hybridized carbons (Fsp3) is 0. The molecule has 2 aromatic rings. The van der Waals surface area contributed by atoms with Crippen molar-refractivity contribution >= 4 is 21.7 Å². The van der Waals surface area contributed by atoms with Crippen LogP contribution in [0.25, 0.3) is 0 Å². The van der Waals surface area contributed by atoms with Crippen LogP contribution < -0.4 is 10.5 Å². The Labute approximate surface area is 108 Å². The molecular weight excluding hydrogens is 272 g/mol. The summed E-state index contributed by atoms with van der Waals surface area (Å²) in [6.07, 6.45) is 3.88. The Morgan fingerprint density at radius 1 is 1.47 bits per heavy atom. The fourth-order valence-corrected chi connectivity index (χ4v) is 2.31. The lowest BCUT2D eigenvalue weighted by molar-refractivity contribution is 0.318. The second-order valence-electron chi connectivity index (χ2n) is 3.44. The van der Waals surface area contributed by atoms with Gasteiger partial charge in [-0.15, -0.1) is 0 Å². The van der Waals surface area contributed by atoms with E-state index in [0.29, 0.717) is 0 Å². The predicted molar refractivity (Wildman–Crippen MR) is 66.1 cm³/mol. The molecule has 0 aliphatic rings. The zero-order valence-electron chi connectivity index (χ0n) is 9.48. The third-order valence-electron chi connectivity index (χ3n) is 2.20. The molecule has 9 nitrogen and oxygen atoms in total. The van der Waals surface area contributed by atoms with Crippen molar-refractivity contribution in [3.63, 3.8) is 0 Å². The Bertz CT molecular complexity index is 694. The number of nitrogens with one attached hydrogen (secondary N) is 2. The first-order valence-corrected chi connectivity index (χ1v) is 6.47. The van der Waals surface area contributed by atoms with E-state index in [2.05, 4.69) is 25.1 Å². The van der Waals surface area contributed by atoms with Crippen LogP contribution in [0.3, 0.4) is 0 Å². The molecule has 5 N–H and O–H groups in total. The number of hydrogen-bond acceptors (Lipinski definition) is 6. The third kappa shape index (κ3) is 2.63. The highest BCUT2D eigenvalue weighted by Gasteiger charge is 2.18. The lowest BCUT2D eigenvalue weighted by Gasteiger charge is -2.07. The molecule has 0 spiro atoms. The standard InChI is InChI=1S/C9H10N6O3S/c10-8(14-16)7-5-12-13-9(7)15-19(17,18)6-2-1-3-11-4-6/h1-5,16H,(H2,10,14)(H2,12,13,15). The van der Waals surface area contributed by atoms with E-state index < -0.39 is 10.0 Å². The molecule has 0 saturated heterocycles. The van der Waals surface area contributed by atoms with E-state index in [0.717, 1.165) is 0 Å². The van der Waals surface area contributed by atoms with Gasteiger partial charge in [-0.25, -0.2) is 8.42 Å². The number of anilines is 1. The summed E-state index contributed by atoms with van der Waals surface area (Å²) in [6, 6.07) is 2.88. The van der Waals surface area contributed by atoms with E-state index in [1.54, 1.807) is 0 Å². The van der Waals surface area contributed by atoms with Crippen LogP contribution in [0.5, 0.6) is 0 Å². The van der Waals surface area contributed by atoms with Crippen LogP contribution >= 0.6 is 0 Å². The summed E-state index contributed by atoms with van der Waals surface area (Å²) in [4.78, 5) is 3.70. The molecule has 0 aromatic carbocycles. The van der Waals surface area contributed by atoms with Gasteiger partial charge in [0.15, 0.2) is 5.84 Å². The van der Waals surface area contributed by atoms with Crippen LogP contribution in [0.2, 0.25) is 0 Å². The number of hydrogen-bond donors (Lipinski definition) is 4. The summed E-state index contributed by atoms with van der Waals surface area (Å²) in [7, 11) is -3.82. The van der Waals surface area contributed by atoms with Crippen molar-refractivity contribution in [1.82, 2.24) is 15.2 Å². The highest BCUT2D eigenvalue weighted by molar-refractivity contribution is 7.92. The van der Waals surface area contributed by atoms with Crippen molar-refractivity contribution < 1.29 is 13.6 Å². The smallest absolute Gasteiger partial charge is 0.264 e. The summed E-state index contributed by atoms with van der Waals surface area (Å²) in [5.41, 5.74) is 5.52. The molecule has 19 heavy (non-hydrogen) atoms. The van der Waals surface area contributed by atoms with Gasteiger partial charge in [0.2, 0.25) is 0 Å². The van der Waals surface area contributed by atoms with Gasteiger partial charge in [0.05, 0.1) is 11.8 Å². The minimum atomic E-state index is -3.82. The summed E-state index contributed by atoms with van der Waals surface area (Å²) in [5, 5.41) is 17.4. The number of pyridine rings is 1. The number of amidine groups is 1. The van der Waals surface area contributed by atoms with Gasteiger partial charge in [0, 0.05) is 12.4 Å². The highest BCUT2D eigenvalue weighted by atomic mass is 32.2. The molecule has 100 valence electrons. The zero-order valence-corrected chi connectivity index (χ0v) is 10.3. The topological polar surface area (TPSA) is 146 Å². The van der Waals surface area contributed by atoms with Gasteiger partial charge in [-0.1, -0.05) is 5.16 Å². The third-order valence-corrected chi connectivity index (χ3v) is 3.54.